The molecule has 2 amide bonds. The lowest BCUT2D eigenvalue weighted by atomic mass is 10.1. The van der Waals surface area contributed by atoms with E-state index in [0.29, 0.717) is 20.6 Å². The van der Waals surface area contributed by atoms with Crippen LogP contribution in [0.25, 0.3) is 0 Å². The average Bonchev–Trinajstić information content (AvgIpc) is 2.60. The van der Waals surface area contributed by atoms with Gasteiger partial charge >= 0.3 is 5.97 Å². The molecule has 6 nitrogen and oxygen atoms in total. The van der Waals surface area contributed by atoms with E-state index in [4.69, 9.17) is 45.3 Å². The van der Waals surface area contributed by atoms with Crippen LogP contribution < -0.4 is 11.1 Å². The Labute approximate surface area is 170 Å². The molecular weight excluding hydrogens is 415 g/mol. The van der Waals surface area contributed by atoms with Gasteiger partial charge in [0.15, 0.2) is 0 Å². The van der Waals surface area contributed by atoms with Crippen LogP contribution in [0.1, 0.15) is 22.3 Å². The Morgan fingerprint density at radius 1 is 1.00 bits per heavy atom. The van der Waals surface area contributed by atoms with Gasteiger partial charge in [0.05, 0.1) is 6.42 Å². The second-order valence-electron chi connectivity index (χ2n) is 5.51. The van der Waals surface area contributed by atoms with Crippen molar-refractivity contribution in [1.29, 1.82) is 0 Å². The van der Waals surface area contributed by atoms with Crippen molar-refractivity contribution in [2.45, 2.75) is 19.1 Å². The summed E-state index contributed by atoms with van der Waals surface area (Å²) < 4.78 is 5.16. The number of nitrogens with two attached hydrogens (primary N) is 1. The zero-order chi connectivity index (χ0) is 20.0. The largest absolute Gasteiger partial charge is 0.459 e. The van der Waals surface area contributed by atoms with Crippen molar-refractivity contribution < 1.29 is 19.1 Å². The Hall–Kier alpha value is -2.28. The summed E-state index contributed by atoms with van der Waals surface area (Å²) in [5, 5.41) is 3.53. The topological polar surface area (TPSA) is 98.5 Å². The van der Waals surface area contributed by atoms with Crippen LogP contribution in [0.4, 0.5) is 0 Å². The van der Waals surface area contributed by atoms with Gasteiger partial charge in [-0.3, -0.25) is 9.59 Å². The Bertz CT molecular complexity index is 836. The van der Waals surface area contributed by atoms with Crippen molar-refractivity contribution >= 4 is 52.6 Å². The Balaban J connectivity index is 2.08. The monoisotopic (exact) mass is 428 g/mol. The van der Waals surface area contributed by atoms with Gasteiger partial charge in [0.25, 0.3) is 5.91 Å². The van der Waals surface area contributed by atoms with E-state index in [1.54, 1.807) is 18.2 Å². The van der Waals surface area contributed by atoms with Crippen molar-refractivity contribution in [2.24, 2.45) is 5.73 Å². The average molecular weight is 430 g/mol. The Morgan fingerprint density at radius 2 is 1.59 bits per heavy atom. The van der Waals surface area contributed by atoms with Crippen molar-refractivity contribution in [3.63, 3.8) is 0 Å². The molecule has 0 saturated heterocycles. The molecule has 0 saturated carbocycles. The molecule has 2 aromatic rings. The van der Waals surface area contributed by atoms with E-state index in [9.17, 15) is 14.4 Å². The smallest absolute Gasteiger partial charge is 0.329 e. The molecule has 9 heteroatoms. The SMILES string of the molecule is NC(=O)CC(NC(=O)c1ccc(Cl)cc1)C(=O)OCc1c(Cl)cccc1Cl. The number of primary amides is 1. The number of halogens is 3. The van der Waals surface area contributed by atoms with Crippen LogP contribution in [0.15, 0.2) is 42.5 Å². The standard InChI is InChI=1S/C18H15Cl3N2O4/c19-11-6-4-10(5-7-11)17(25)23-15(8-16(22)24)18(26)27-9-12-13(20)2-1-3-14(12)21/h1-7,15H,8-9H2,(H2,22,24)(H,23,25). The molecule has 1 atom stereocenters. The molecule has 27 heavy (non-hydrogen) atoms. The second-order valence-corrected chi connectivity index (χ2v) is 6.76. The summed E-state index contributed by atoms with van der Waals surface area (Å²) in [6, 6.07) is 9.60. The summed E-state index contributed by atoms with van der Waals surface area (Å²) in [7, 11) is 0. The van der Waals surface area contributed by atoms with Crippen LogP contribution >= 0.6 is 34.8 Å². The molecule has 0 aliphatic heterocycles. The minimum Gasteiger partial charge on any atom is -0.459 e. The third-order valence-electron chi connectivity index (χ3n) is 3.52. The molecule has 0 bridgehead atoms. The minimum absolute atomic E-state index is 0.219. The molecule has 0 radical (unpaired) electrons. The number of hydrogen-bond donors (Lipinski definition) is 2. The van der Waals surface area contributed by atoms with Crippen LogP contribution in [0.2, 0.25) is 15.1 Å². The lowest BCUT2D eigenvalue weighted by Gasteiger charge is -2.17. The lowest BCUT2D eigenvalue weighted by molar-refractivity contribution is -0.148. The lowest BCUT2D eigenvalue weighted by Crippen LogP contribution is -2.44. The first-order valence-corrected chi connectivity index (χ1v) is 8.85. The fourth-order valence-corrected chi connectivity index (χ4v) is 2.78. The molecule has 2 aromatic carbocycles. The third-order valence-corrected chi connectivity index (χ3v) is 4.48. The first-order valence-electron chi connectivity index (χ1n) is 7.72. The minimum atomic E-state index is -1.26. The fraction of sp³-hybridized carbons (Fsp3) is 0.167. The molecule has 142 valence electrons. The molecule has 1 unspecified atom stereocenters. The number of nitrogens with one attached hydrogen (secondary N) is 1. The van der Waals surface area contributed by atoms with E-state index >= 15 is 0 Å². The van der Waals surface area contributed by atoms with Crippen molar-refractivity contribution in [3.05, 3.63) is 68.7 Å². The number of rotatable bonds is 7. The summed E-state index contributed by atoms with van der Waals surface area (Å²) in [6.45, 7) is -0.219. The summed E-state index contributed by atoms with van der Waals surface area (Å²) in [4.78, 5) is 35.9. The predicted octanol–water partition coefficient (Wildman–Crippen LogP) is 3.36. The highest BCUT2D eigenvalue weighted by Crippen LogP contribution is 2.25. The van der Waals surface area contributed by atoms with Crippen LogP contribution in [0, 0.1) is 0 Å². The van der Waals surface area contributed by atoms with Crippen molar-refractivity contribution in [1.82, 2.24) is 5.32 Å². The van der Waals surface area contributed by atoms with Crippen LogP contribution in [0.3, 0.4) is 0 Å². The van der Waals surface area contributed by atoms with E-state index in [0.717, 1.165) is 0 Å². The normalized spacial score (nSPS) is 11.5. The Morgan fingerprint density at radius 3 is 2.15 bits per heavy atom. The number of amides is 2. The van der Waals surface area contributed by atoms with Gasteiger partial charge in [0.1, 0.15) is 12.6 Å². The van der Waals surface area contributed by atoms with Gasteiger partial charge < -0.3 is 15.8 Å². The van der Waals surface area contributed by atoms with Gasteiger partial charge in [-0.05, 0) is 36.4 Å². The van der Waals surface area contributed by atoms with Gasteiger partial charge in [0, 0.05) is 26.2 Å². The molecule has 3 N–H and O–H groups in total. The summed E-state index contributed by atoms with van der Waals surface area (Å²) in [5.74, 6) is -2.19. The van der Waals surface area contributed by atoms with E-state index in [1.807, 2.05) is 0 Å². The molecule has 0 heterocycles. The molecule has 2 rings (SSSR count). The summed E-state index contributed by atoms with van der Waals surface area (Å²) in [5.41, 5.74) is 5.84. The number of esters is 1. The quantitative estimate of drug-likeness (QED) is 0.659. The second kappa shape index (κ2) is 9.60. The van der Waals surface area contributed by atoms with Gasteiger partial charge in [-0.2, -0.15) is 0 Å². The highest BCUT2D eigenvalue weighted by Gasteiger charge is 2.25. The molecule has 0 aromatic heterocycles. The third kappa shape index (κ3) is 6.13. The van der Waals surface area contributed by atoms with E-state index in [2.05, 4.69) is 5.32 Å². The zero-order valence-corrected chi connectivity index (χ0v) is 16.1. The number of benzene rings is 2. The van der Waals surface area contributed by atoms with E-state index < -0.39 is 30.2 Å². The van der Waals surface area contributed by atoms with Gasteiger partial charge in [-0.1, -0.05) is 40.9 Å². The molecule has 0 aliphatic carbocycles. The van der Waals surface area contributed by atoms with Crippen molar-refractivity contribution in [2.75, 3.05) is 0 Å². The van der Waals surface area contributed by atoms with E-state index in [1.165, 1.54) is 24.3 Å². The highest BCUT2D eigenvalue weighted by molar-refractivity contribution is 6.36. The maximum Gasteiger partial charge on any atom is 0.329 e. The Kier molecular flexibility index (Phi) is 7.47. The number of hydrogen-bond acceptors (Lipinski definition) is 4. The maximum absolute atomic E-state index is 12.3. The molecule has 0 aliphatic rings. The number of ether oxygens (including phenoxy) is 1. The first kappa shape index (κ1) is 21.0. The van der Waals surface area contributed by atoms with Crippen LogP contribution in [0.5, 0.6) is 0 Å². The predicted molar refractivity (Wildman–Crippen MR) is 103 cm³/mol. The van der Waals surface area contributed by atoms with Crippen LogP contribution in [-0.2, 0) is 20.9 Å². The summed E-state index contributed by atoms with van der Waals surface area (Å²) in [6.07, 6.45) is -0.422. The molecule has 0 fully saturated rings. The number of carbonyl (C=O) groups is 3. The van der Waals surface area contributed by atoms with Crippen molar-refractivity contribution in [3.8, 4) is 0 Å². The molecular formula is C18H15Cl3N2O4. The number of carbonyl (C=O) groups excluding carboxylic acids is 3. The maximum atomic E-state index is 12.3. The zero-order valence-electron chi connectivity index (χ0n) is 13.9. The van der Waals surface area contributed by atoms with Gasteiger partial charge in [-0.25, -0.2) is 4.79 Å². The van der Waals surface area contributed by atoms with Gasteiger partial charge in [0.2, 0.25) is 5.91 Å². The summed E-state index contributed by atoms with van der Waals surface area (Å²) >= 11 is 17.8. The van der Waals surface area contributed by atoms with Gasteiger partial charge in [-0.15, -0.1) is 0 Å². The highest BCUT2D eigenvalue weighted by atomic mass is 35.5. The fourth-order valence-electron chi connectivity index (χ4n) is 2.15. The molecule has 0 spiro atoms. The van der Waals surface area contributed by atoms with Crippen LogP contribution in [-0.4, -0.2) is 23.8 Å². The van der Waals surface area contributed by atoms with E-state index in [-0.39, 0.29) is 12.2 Å². The first-order chi connectivity index (χ1) is 12.8.